The van der Waals surface area contributed by atoms with Gasteiger partial charge in [0.1, 0.15) is 12.0 Å². The number of methoxy groups -OCH3 is 1. The summed E-state index contributed by atoms with van der Waals surface area (Å²) in [6, 6.07) is 1.67. The summed E-state index contributed by atoms with van der Waals surface area (Å²) in [6.07, 6.45) is 1.46. The lowest BCUT2D eigenvalue weighted by molar-refractivity contribution is 0.208. The number of rotatable bonds is 4. The molecular formula is C7H12N4O2. The number of nitrogens with zero attached hydrogens (tertiary/aromatic N) is 2. The Kier molecular flexibility index (Phi) is 3.94. The maximum absolute atomic E-state index is 5.24. The molecule has 0 aliphatic rings. The fourth-order valence-corrected chi connectivity index (χ4v) is 0.784. The summed E-state index contributed by atoms with van der Waals surface area (Å²) < 4.78 is 9.48. The molecule has 0 aromatic carbocycles. The molecule has 0 bridgehead atoms. The van der Waals surface area contributed by atoms with Crippen LogP contribution in [-0.4, -0.2) is 31.3 Å². The Morgan fingerprint density at radius 2 is 2.69 bits per heavy atom. The van der Waals surface area contributed by atoms with E-state index in [0.29, 0.717) is 24.7 Å². The molecule has 0 amide bonds. The molecule has 6 nitrogen and oxygen atoms in total. The van der Waals surface area contributed by atoms with E-state index in [-0.39, 0.29) is 0 Å². The predicted molar refractivity (Wildman–Crippen MR) is 47.1 cm³/mol. The molecule has 0 spiro atoms. The van der Waals surface area contributed by atoms with Crippen molar-refractivity contribution in [1.82, 2.24) is 10.6 Å². The van der Waals surface area contributed by atoms with Gasteiger partial charge in [-0.05, 0) is 0 Å². The Balaban J connectivity index is 2.57. The highest BCUT2D eigenvalue weighted by molar-refractivity contribution is 5.96. The van der Waals surface area contributed by atoms with Crippen molar-refractivity contribution in [2.45, 2.75) is 0 Å². The zero-order valence-electron chi connectivity index (χ0n) is 7.36. The molecule has 0 saturated heterocycles. The molecule has 0 fully saturated rings. The van der Waals surface area contributed by atoms with Gasteiger partial charge in [-0.3, -0.25) is 4.99 Å². The standard InChI is InChI=1S/C7H12N4O2/c1-12-5-3-9-7(10-8)6-2-4-13-11-6/h2,4H,3,5,8H2,1H3,(H,9,10). The van der Waals surface area contributed by atoms with Crippen LogP contribution in [0.3, 0.4) is 0 Å². The number of hydrogen-bond donors (Lipinski definition) is 2. The van der Waals surface area contributed by atoms with Gasteiger partial charge in [0.05, 0.1) is 13.2 Å². The first-order chi connectivity index (χ1) is 6.38. The van der Waals surface area contributed by atoms with Gasteiger partial charge in [-0.15, -0.1) is 0 Å². The average molecular weight is 184 g/mol. The largest absolute Gasteiger partial charge is 0.383 e. The molecule has 0 atom stereocenters. The van der Waals surface area contributed by atoms with Crippen LogP contribution in [0.2, 0.25) is 0 Å². The van der Waals surface area contributed by atoms with Crippen molar-refractivity contribution in [3.8, 4) is 0 Å². The van der Waals surface area contributed by atoms with Crippen LogP contribution in [0.1, 0.15) is 5.69 Å². The van der Waals surface area contributed by atoms with Crippen LogP contribution in [0, 0.1) is 0 Å². The summed E-state index contributed by atoms with van der Waals surface area (Å²) in [4.78, 5) is 4.11. The highest BCUT2D eigenvalue weighted by Crippen LogP contribution is 1.94. The minimum atomic E-state index is 0.491. The maximum Gasteiger partial charge on any atom is 0.165 e. The molecule has 3 N–H and O–H groups in total. The lowest BCUT2D eigenvalue weighted by atomic mass is 10.4. The fourth-order valence-electron chi connectivity index (χ4n) is 0.784. The van der Waals surface area contributed by atoms with Crippen molar-refractivity contribution in [2.75, 3.05) is 20.3 Å². The summed E-state index contributed by atoms with van der Waals surface area (Å²) in [5.41, 5.74) is 3.02. The Hall–Kier alpha value is -1.40. The Bertz CT molecular complexity index is 257. The van der Waals surface area contributed by atoms with Crippen LogP contribution in [0.4, 0.5) is 0 Å². The molecule has 6 heteroatoms. The second-order valence-corrected chi connectivity index (χ2v) is 2.25. The smallest absolute Gasteiger partial charge is 0.165 e. The number of amidine groups is 1. The number of ether oxygens (including phenoxy) is 1. The van der Waals surface area contributed by atoms with Gasteiger partial charge in [0.25, 0.3) is 0 Å². The van der Waals surface area contributed by atoms with Crippen molar-refractivity contribution in [3.05, 3.63) is 18.0 Å². The highest BCUT2D eigenvalue weighted by Gasteiger charge is 2.03. The molecule has 0 aliphatic heterocycles. The summed E-state index contributed by atoms with van der Waals surface area (Å²) in [6.45, 7) is 1.08. The molecule has 0 radical (unpaired) electrons. The molecule has 72 valence electrons. The molecule has 13 heavy (non-hydrogen) atoms. The molecular weight excluding hydrogens is 172 g/mol. The van der Waals surface area contributed by atoms with Crippen LogP contribution >= 0.6 is 0 Å². The second-order valence-electron chi connectivity index (χ2n) is 2.25. The molecule has 1 heterocycles. The van der Waals surface area contributed by atoms with Crippen LogP contribution in [0.15, 0.2) is 21.8 Å². The number of nitrogens with one attached hydrogen (secondary N) is 1. The zero-order valence-corrected chi connectivity index (χ0v) is 7.36. The quantitative estimate of drug-likeness (QED) is 0.217. The lowest BCUT2D eigenvalue weighted by Gasteiger charge is -2.00. The van der Waals surface area contributed by atoms with E-state index in [0.717, 1.165) is 0 Å². The van der Waals surface area contributed by atoms with Crippen LogP contribution < -0.4 is 11.3 Å². The van der Waals surface area contributed by atoms with Gasteiger partial charge in [0.2, 0.25) is 0 Å². The van der Waals surface area contributed by atoms with Crippen LogP contribution in [0.25, 0.3) is 0 Å². The zero-order chi connectivity index (χ0) is 9.52. The predicted octanol–water partition coefficient (Wildman–Crippen LogP) is -0.469. The third kappa shape index (κ3) is 2.85. The van der Waals surface area contributed by atoms with Gasteiger partial charge in [-0.1, -0.05) is 5.16 Å². The first-order valence-corrected chi connectivity index (χ1v) is 3.79. The molecule has 0 aliphatic carbocycles. The molecule has 1 aromatic heterocycles. The lowest BCUT2D eigenvalue weighted by Crippen LogP contribution is -2.31. The van der Waals surface area contributed by atoms with Crippen molar-refractivity contribution in [3.63, 3.8) is 0 Å². The van der Waals surface area contributed by atoms with Gasteiger partial charge >= 0.3 is 0 Å². The molecule has 0 unspecified atom stereocenters. The number of hydrogen-bond acceptors (Lipinski definition) is 5. The third-order valence-electron chi connectivity index (χ3n) is 1.38. The number of aromatic nitrogens is 1. The summed E-state index contributed by atoms with van der Waals surface area (Å²) in [5.74, 6) is 5.73. The van der Waals surface area contributed by atoms with Gasteiger partial charge in [-0.25, -0.2) is 5.84 Å². The van der Waals surface area contributed by atoms with E-state index in [1.165, 1.54) is 6.26 Å². The Morgan fingerprint density at radius 3 is 3.23 bits per heavy atom. The van der Waals surface area contributed by atoms with Crippen molar-refractivity contribution >= 4 is 5.84 Å². The van der Waals surface area contributed by atoms with Crippen molar-refractivity contribution < 1.29 is 9.26 Å². The Labute approximate surface area is 75.7 Å². The number of aliphatic imine (C=N–C) groups is 1. The second kappa shape index (κ2) is 5.28. The van der Waals surface area contributed by atoms with Crippen LogP contribution in [-0.2, 0) is 4.74 Å². The van der Waals surface area contributed by atoms with Crippen LogP contribution in [0.5, 0.6) is 0 Å². The van der Waals surface area contributed by atoms with Gasteiger partial charge in [0, 0.05) is 13.2 Å². The van der Waals surface area contributed by atoms with E-state index in [4.69, 9.17) is 10.6 Å². The summed E-state index contributed by atoms with van der Waals surface area (Å²) >= 11 is 0. The minimum Gasteiger partial charge on any atom is -0.383 e. The first kappa shape index (κ1) is 9.69. The monoisotopic (exact) mass is 184 g/mol. The minimum absolute atomic E-state index is 0.491. The van der Waals surface area contributed by atoms with Gasteiger partial charge in [-0.2, -0.15) is 0 Å². The topological polar surface area (TPSA) is 85.7 Å². The van der Waals surface area contributed by atoms with E-state index in [9.17, 15) is 0 Å². The Morgan fingerprint density at radius 1 is 1.85 bits per heavy atom. The molecule has 0 saturated carbocycles. The average Bonchev–Trinajstić information content (AvgIpc) is 2.65. The number of nitrogens with two attached hydrogens (primary N) is 1. The summed E-state index contributed by atoms with van der Waals surface area (Å²) in [7, 11) is 1.61. The first-order valence-electron chi connectivity index (χ1n) is 3.79. The fraction of sp³-hybridized carbons (Fsp3) is 0.429. The normalized spacial score (nSPS) is 11.7. The maximum atomic E-state index is 5.24. The van der Waals surface area contributed by atoms with E-state index < -0.39 is 0 Å². The van der Waals surface area contributed by atoms with E-state index in [2.05, 4.69) is 20.1 Å². The van der Waals surface area contributed by atoms with E-state index in [1.54, 1.807) is 13.2 Å². The highest BCUT2D eigenvalue weighted by atomic mass is 16.5. The molecule has 1 aromatic rings. The van der Waals surface area contributed by atoms with E-state index in [1.807, 2.05) is 0 Å². The van der Waals surface area contributed by atoms with Gasteiger partial charge < -0.3 is 14.7 Å². The summed E-state index contributed by atoms with van der Waals surface area (Å²) in [5, 5.41) is 3.68. The third-order valence-corrected chi connectivity index (χ3v) is 1.38. The van der Waals surface area contributed by atoms with Gasteiger partial charge in [0.15, 0.2) is 5.84 Å². The SMILES string of the molecule is COCCN=C(NN)c1ccon1. The molecule has 1 rings (SSSR count). The van der Waals surface area contributed by atoms with Crippen molar-refractivity contribution in [1.29, 1.82) is 0 Å². The van der Waals surface area contributed by atoms with E-state index >= 15 is 0 Å². The number of hydrazine groups is 1. The van der Waals surface area contributed by atoms with Crippen molar-refractivity contribution in [2.24, 2.45) is 10.8 Å².